The summed E-state index contributed by atoms with van der Waals surface area (Å²) >= 11 is 8.58. The molecule has 0 bridgehead atoms. The molecule has 0 radical (unpaired) electrons. The van der Waals surface area contributed by atoms with Crippen LogP contribution in [-0.4, -0.2) is 31.8 Å². The predicted molar refractivity (Wildman–Crippen MR) is 86.8 cm³/mol. The van der Waals surface area contributed by atoms with Gasteiger partial charge in [-0.3, -0.25) is 0 Å². The number of halogens is 1. The van der Waals surface area contributed by atoms with E-state index >= 15 is 0 Å². The zero-order chi connectivity index (χ0) is 13.8. The van der Waals surface area contributed by atoms with Gasteiger partial charge in [0, 0.05) is 30.2 Å². The van der Waals surface area contributed by atoms with Crippen molar-refractivity contribution in [3.63, 3.8) is 0 Å². The van der Waals surface area contributed by atoms with Crippen molar-refractivity contribution in [2.75, 3.05) is 31.7 Å². The molecule has 3 nitrogen and oxygen atoms in total. The molecule has 0 aromatic heterocycles. The molecule has 104 valence electrons. The molecule has 0 aliphatic carbocycles. The Hall–Kier alpha value is -0.650. The summed E-state index contributed by atoms with van der Waals surface area (Å²) in [5.74, 6) is 0.612. The van der Waals surface area contributed by atoms with E-state index in [0.717, 1.165) is 35.5 Å². The number of benzene rings is 1. The Morgan fingerprint density at radius 3 is 2.95 bits per heavy atom. The predicted octanol–water partition coefficient (Wildman–Crippen LogP) is 2.95. The summed E-state index contributed by atoms with van der Waals surface area (Å²) in [6.45, 7) is 2.78. The monoisotopic (exact) mass is 342 g/mol. The minimum atomic E-state index is 0.426. The highest BCUT2D eigenvalue weighted by Gasteiger charge is 2.17. The first-order valence-corrected chi connectivity index (χ1v) is 7.66. The molecule has 0 saturated carbocycles. The Kier molecular flexibility index (Phi) is 5.19. The number of ether oxygens (including phenoxy) is 1. The highest BCUT2D eigenvalue weighted by atomic mass is 79.9. The maximum absolute atomic E-state index is 5.64. The van der Waals surface area contributed by atoms with E-state index < -0.39 is 0 Å². The molecule has 2 N–H and O–H groups in total. The van der Waals surface area contributed by atoms with E-state index in [0.29, 0.717) is 10.9 Å². The van der Waals surface area contributed by atoms with E-state index in [4.69, 9.17) is 22.7 Å². The van der Waals surface area contributed by atoms with Crippen LogP contribution in [0.1, 0.15) is 18.4 Å². The smallest absolute Gasteiger partial charge is 0.104 e. The van der Waals surface area contributed by atoms with Gasteiger partial charge in [-0.05, 0) is 52.9 Å². The van der Waals surface area contributed by atoms with Crippen LogP contribution in [0.15, 0.2) is 22.7 Å². The topological polar surface area (TPSA) is 38.5 Å². The van der Waals surface area contributed by atoms with Gasteiger partial charge in [-0.15, -0.1) is 0 Å². The third-order valence-electron chi connectivity index (χ3n) is 3.43. The fraction of sp³-hybridized carbons (Fsp3) is 0.500. The Bertz CT molecular complexity index is 461. The van der Waals surface area contributed by atoms with Crippen LogP contribution in [0.4, 0.5) is 5.69 Å². The minimum Gasteiger partial charge on any atom is -0.389 e. The van der Waals surface area contributed by atoms with Gasteiger partial charge in [0.25, 0.3) is 0 Å². The molecular weight excluding hydrogens is 324 g/mol. The van der Waals surface area contributed by atoms with Gasteiger partial charge in [0.05, 0.1) is 12.3 Å². The number of anilines is 1. The molecule has 5 heteroatoms. The number of hydrogen-bond acceptors (Lipinski definition) is 3. The number of nitrogens with zero attached hydrogens (tertiary/aromatic N) is 1. The standard InChI is InChI=1S/C14H19BrN2OS/c1-17(8-10-3-2-6-18-9-10)13-5-4-11(14(16)19)7-12(13)15/h4-5,7,10H,2-3,6,8-9H2,1H3,(H2,16,19). The first-order chi connectivity index (χ1) is 9.08. The van der Waals surface area contributed by atoms with Gasteiger partial charge in [-0.1, -0.05) is 12.2 Å². The summed E-state index contributed by atoms with van der Waals surface area (Å²) in [5, 5.41) is 0. The van der Waals surface area contributed by atoms with Crippen molar-refractivity contribution in [1.82, 2.24) is 0 Å². The van der Waals surface area contributed by atoms with Gasteiger partial charge in [0.1, 0.15) is 4.99 Å². The second kappa shape index (κ2) is 6.68. The van der Waals surface area contributed by atoms with Crippen LogP contribution in [0, 0.1) is 5.92 Å². The van der Waals surface area contributed by atoms with Crippen LogP contribution < -0.4 is 10.6 Å². The zero-order valence-electron chi connectivity index (χ0n) is 11.1. The molecule has 1 aliphatic heterocycles. The van der Waals surface area contributed by atoms with E-state index in [1.807, 2.05) is 12.1 Å². The van der Waals surface area contributed by atoms with Crippen molar-refractivity contribution in [2.45, 2.75) is 12.8 Å². The maximum Gasteiger partial charge on any atom is 0.104 e. The minimum absolute atomic E-state index is 0.426. The summed E-state index contributed by atoms with van der Waals surface area (Å²) in [4.78, 5) is 2.68. The summed E-state index contributed by atoms with van der Waals surface area (Å²) in [6.07, 6.45) is 2.41. The van der Waals surface area contributed by atoms with Crippen LogP contribution in [0.2, 0.25) is 0 Å². The molecule has 1 saturated heterocycles. The van der Waals surface area contributed by atoms with Gasteiger partial charge in [0.2, 0.25) is 0 Å². The lowest BCUT2D eigenvalue weighted by Crippen LogP contribution is -2.31. The lowest BCUT2D eigenvalue weighted by molar-refractivity contribution is 0.0576. The highest BCUT2D eigenvalue weighted by molar-refractivity contribution is 9.10. The van der Waals surface area contributed by atoms with Gasteiger partial charge >= 0.3 is 0 Å². The Labute approximate surface area is 128 Å². The average molecular weight is 343 g/mol. The third-order valence-corrected chi connectivity index (χ3v) is 4.30. The van der Waals surface area contributed by atoms with Crippen LogP contribution in [0.25, 0.3) is 0 Å². The molecule has 0 spiro atoms. The second-order valence-electron chi connectivity index (χ2n) is 4.99. The number of hydrogen-bond donors (Lipinski definition) is 1. The highest BCUT2D eigenvalue weighted by Crippen LogP contribution is 2.28. The van der Waals surface area contributed by atoms with Crippen LogP contribution in [-0.2, 0) is 4.74 Å². The molecule has 0 amide bonds. The maximum atomic E-state index is 5.64. The van der Waals surface area contributed by atoms with Crippen molar-refractivity contribution in [1.29, 1.82) is 0 Å². The van der Waals surface area contributed by atoms with Crippen LogP contribution in [0.3, 0.4) is 0 Å². The molecule has 1 fully saturated rings. The lowest BCUT2D eigenvalue weighted by atomic mass is 10.0. The van der Waals surface area contributed by atoms with Crippen LogP contribution >= 0.6 is 28.1 Å². The lowest BCUT2D eigenvalue weighted by Gasteiger charge is -2.29. The summed E-state index contributed by atoms with van der Waals surface area (Å²) in [5.41, 5.74) is 7.69. The average Bonchev–Trinajstić information content (AvgIpc) is 2.39. The fourth-order valence-electron chi connectivity index (χ4n) is 2.41. The summed E-state index contributed by atoms with van der Waals surface area (Å²) in [7, 11) is 2.11. The summed E-state index contributed by atoms with van der Waals surface area (Å²) < 4.78 is 6.55. The molecule has 1 heterocycles. The van der Waals surface area contributed by atoms with Crippen molar-refractivity contribution in [3.05, 3.63) is 28.2 Å². The van der Waals surface area contributed by atoms with E-state index in [1.165, 1.54) is 12.8 Å². The van der Waals surface area contributed by atoms with Gasteiger partial charge < -0.3 is 15.4 Å². The first kappa shape index (κ1) is 14.8. The molecule has 1 aromatic carbocycles. The molecule has 19 heavy (non-hydrogen) atoms. The molecule has 1 unspecified atom stereocenters. The van der Waals surface area contributed by atoms with Crippen molar-refractivity contribution in [2.24, 2.45) is 11.7 Å². The first-order valence-electron chi connectivity index (χ1n) is 6.46. The molecular formula is C14H19BrN2OS. The SMILES string of the molecule is CN(CC1CCCOC1)c1ccc(C(N)=S)cc1Br. The Morgan fingerprint density at radius 1 is 1.58 bits per heavy atom. The van der Waals surface area contributed by atoms with Crippen molar-refractivity contribution >= 4 is 38.8 Å². The van der Waals surface area contributed by atoms with E-state index in [-0.39, 0.29) is 0 Å². The van der Waals surface area contributed by atoms with Gasteiger partial charge in [0.15, 0.2) is 0 Å². The zero-order valence-corrected chi connectivity index (χ0v) is 13.5. The Morgan fingerprint density at radius 2 is 2.37 bits per heavy atom. The second-order valence-corrected chi connectivity index (χ2v) is 6.29. The Balaban J connectivity index is 2.05. The van der Waals surface area contributed by atoms with Gasteiger partial charge in [-0.25, -0.2) is 0 Å². The molecule has 1 aliphatic rings. The fourth-order valence-corrected chi connectivity index (χ4v) is 3.22. The van der Waals surface area contributed by atoms with Crippen LogP contribution in [0.5, 0.6) is 0 Å². The van der Waals surface area contributed by atoms with Crippen molar-refractivity contribution in [3.8, 4) is 0 Å². The number of rotatable bonds is 4. The molecule has 2 rings (SSSR count). The van der Waals surface area contributed by atoms with Crippen molar-refractivity contribution < 1.29 is 4.74 Å². The normalized spacial score (nSPS) is 19.2. The largest absolute Gasteiger partial charge is 0.389 e. The van der Waals surface area contributed by atoms with E-state index in [1.54, 1.807) is 0 Å². The quantitative estimate of drug-likeness (QED) is 0.853. The molecule has 1 atom stereocenters. The molecule has 1 aromatic rings. The van der Waals surface area contributed by atoms with E-state index in [2.05, 4.69) is 33.9 Å². The number of thiocarbonyl (C=S) groups is 1. The van der Waals surface area contributed by atoms with E-state index in [9.17, 15) is 0 Å². The summed E-state index contributed by atoms with van der Waals surface area (Å²) in [6, 6.07) is 6.00. The third kappa shape index (κ3) is 3.91. The van der Waals surface area contributed by atoms with Gasteiger partial charge in [-0.2, -0.15) is 0 Å². The number of nitrogens with two attached hydrogens (primary N) is 1.